The van der Waals surface area contributed by atoms with Gasteiger partial charge in [-0.05, 0) is 42.2 Å². The maximum Gasteiger partial charge on any atom is 0.137 e. The van der Waals surface area contributed by atoms with Gasteiger partial charge in [0.2, 0.25) is 0 Å². The van der Waals surface area contributed by atoms with Crippen LogP contribution in [0.4, 0.5) is 0 Å². The second-order valence-corrected chi connectivity index (χ2v) is 4.50. The number of benzene rings is 1. The highest BCUT2D eigenvalue weighted by atomic mass is 16.1. The van der Waals surface area contributed by atoms with Gasteiger partial charge in [-0.1, -0.05) is 24.3 Å². The number of aryl methyl sites for hydroxylation is 2. The minimum Gasteiger partial charge on any atom is -0.299 e. The molecular formula is C16H17NO. The SMILES string of the molecule is Cc1ccccc1CC(=O)CCc1ccncc1. The summed E-state index contributed by atoms with van der Waals surface area (Å²) in [5, 5.41) is 0. The van der Waals surface area contributed by atoms with Crippen molar-refractivity contribution in [3.63, 3.8) is 0 Å². The third-order valence-corrected chi connectivity index (χ3v) is 3.09. The Bertz CT molecular complexity index is 520. The van der Waals surface area contributed by atoms with Crippen LogP contribution >= 0.6 is 0 Å². The molecule has 0 N–H and O–H groups in total. The largest absolute Gasteiger partial charge is 0.299 e. The molecule has 1 aromatic heterocycles. The van der Waals surface area contributed by atoms with Crippen molar-refractivity contribution in [1.82, 2.24) is 4.98 Å². The Labute approximate surface area is 108 Å². The molecule has 0 unspecified atom stereocenters. The minimum atomic E-state index is 0.293. The zero-order chi connectivity index (χ0) is 12.8. The van der Waals surface area contributed by atoms with E-state index in [4.69, 9.17) is 0 Å². The van der Waals surface area contributed by atoms with Crippen LogP contribution in [-0.2, 0) is 17.6 Å². The third-order valence-electron chi connectivity index (χ3n) is 3.09. The van der Waals surface area contributed by atoms with Crippen LogP contribution in [0.1, 0.15) is 23.1 Å². The molecule has 0 atom stereocenters. The van der Waals surface area contributed by atoms with Gasteiger partial charge in [-0.15, -0.1) is 0 Å². The number of carbonyl (C=O) groups excluding carboxylic acids is 1. The number of Topliss-reactive ketones (excluding diaryl/α,β-unsaturated/α-hetero) is 1. The van der Waals surface area contributed by atoms with Crippen molar-refractivity contribution in [2.24, 2.45) is 0 Å². The zero-order valence-electron chi connectivity index (χ0n) is 10.6. The van der Waals surface area contributed by atoms with E-state index in [0.29, 0.717) is 18.6 Å². The van der Waals surface area contributed by atoms with Crippen molar-refractivity contribution in [1.29, 1.82) is 0 Å². The molecule has 0 aliphatic carbocycles. The highest BCUT2D eigenvalue weighted by molar-refractivity contribution is 5.81. The van der Waals surface area contributed by atoms with Crippen molar-refractivity contribution in [3.05, 3.63) is 65.5 Å². The van der Waals surface area contributed by atoms with Crippen LogP contribution in [-0.4, -0.2) is 10.8 Å². The summed E-state index contributed by atoms with van der Waals surface area (Å²) in [6, 6.07) is 12.0. The summed E-state index contributed by atoms with van der Waals surface area (Å²) >= 11 is 0. The fraction of sp³-hybridized carbons (Fsp3) is 0.250. The molecule has 0 aliphatic rings. The lowest BCUT2D eigenvalue weighted by Crippen LogP contribution is -2.05. The Morgan fingerprint density at radius 3 is 2.56 bits per heavy atom. The molecule has 0 amide bonds. The normalized spacial score (nSPS) is 10.3. The van der Waals surface area contributed by atoms with Crippen LogP contribution in [0.15, 0.2) is 48.8 Å². The molecule has 92 valence electrons. The number of pyridine rings is 1. The Kier molecular flexibility index (Phi) is 4.24. The van der Waals surface area contributed by atoms with Crippen LogP contribution in [0.25, 0.3) is 0 Å². The predicted octanol–water partition coefficient (Wildman–Crippen LogP) is 3.13. The van der Waals surface area contributed by atoms with Gasteiger partial charge in [0.25, 0.3) is 0 Å². The molecule has 0 radical (unpaired) electrons. The molecule has 0 bridgehead atoms. The van der Waals surface area contributed by atoms with E-state index in [1.165, 1.54) is 11.1 Å². The highest BCUT2D eigenvalue weighted by Crippen LogP contribution is 2.10. The molecule has 2 nitrogen and oxygen atoms in total. The number of hydrogen-bond acceptors (Lipinski definition) is 2. The molecule has 2 rings (SSSR count). The fourth-order valence-electron chi connectivity index (χ4n) is 1.94. The summed E-state index contributed by atoms with van der Waals surface area (Å²) in [6.45, 7) is 2.05. The Morgan fingerprint density at radius 2 is 1.83 bits per heavy atom. The number of hydrogen-bond donors (Lipinski definition) is 0. The number of carbonyl (C=O) groups is 1. The van der Waals surface area contributed by atoms with Gasteiger partial charge >= 0.3 is 0 Å². The smallest absolute Gasteiger partial charge is 0.137 e. The summed E-state index contributed by atoms with van der Waals surface area (Å²) in [6.07, 6.45) is 5.46. The van der Waals surface area contributed by atoms with Gasteiger partial charge in [-0.2, -0.15) is 0 Å². The van der Waals surface area contributed by atoms with Crippen LogP contribution in [0.3, 0.4) is 0 Å². The predicted molar refractivity (Wildman–Crippen MR) is 72.4 cm³/mol. The molecule has 0 aliphatic heterocycles. The van der Waals surface area contributed by atoms with Crippen LogP contribution in [0.2, 0.25) is 0 Å². The number of aromatic nitrogens is 1. The van der Waals surface area contributed by atoms with Gasteiger partial charge in [-0.3, -0.25) is 9.78 Å². The maximum atomic E-state index is 11.9. The average molecular weight is 239 g/mol. The van der Waals surface area contributed by atoms with Crippen molar-refractivity contribution in [2.45, 2.75) is 26.2 Å². The third kappa shape index (κ3) is 3.52. The number of nitrogens with zero attached hydrogens (tertiary/aromatic N) is 1. The summed E-state index contributed by atoms with van der Waals surface area (Å²) in [5.41, 5.74) is 3.50. The monoisotopic (exact) mass is 239 g/mol. The first-order chi connectivity index (χ1) is 8.75. The van der Waals surface area contributed by atoms with Gasteiger partial charge in [-0.25, -0.2) is 0 Å². The molecular weight excluding hydrogens is 222 g/mol. The van der Waals surface area contributed by atoms with Crippen LogP contribution in [0, 0.1) is 6.92 Å². The van der Waals surface area contributed by atoms with Gasteiger partial charge in [0.15, 0.2) is 0 Å². The molecule has 1 heterocycles. The van der Waals surface area contributed by atoms with E-state index in [2.05, 4.69) is 4.98 Å². The van der Waals surface area contributed by atoms with E-state index in [-0.39, 0.29) is 0 Å². The number of rotatable bonds is 5. The quantitative estimate of drug-likeness (QED) is 0.802. The standard InChI is InChI=1S/C16H17NO/c1-13-4-2-3-5-15(13)12-16(18)7-6-14-8-10-17-11-9-14/h2-5,8-11H,6-7,12H2,1H3. The Hall–Kier alpha value is -1.96. The van der Waals surface area contributed by atoms with E-state index in [1.807, 2.05) is 43.3 Å². The topological polar surface area (TPSA) is 30.0 Å². The Morgan fingerprint density at radius 1 is 1.11 bits per heavy atom. The molecule has 0 spiro atoms. The van der Waals surface area contributed by atoms with E-state index in [1.54, 1.807) is 12.4 Å². The highest BCUT2D eigenvalue weighted by Gasteiger charge is 2.06. The molecule has 0 fully saturated rings. The zero-order valence-corrected chi connectivity index (χ0v) is 10.6. The average Bonchev–Trinajstić information content (AvgIpc) is 2.40. The van der Waals surface area contributed by atoms with Gasteiger partial charge in [0.1, 0.15) is 5.78 Å². The van der Waals surface area contributed by atoms with Crippen LogP contribution in [0.5, 0.6) is 0 Å². The number of ketones is 1. The molecule has 2 aromatic rings. The van der Waals surface area contributed by atoms with Crippen molar-refractivity contribution in [2.75, 3.05) is 0 Å². The van der Waals surface area contributed by atoms with E-state index in [9.17, 15) is 4.79 Å². The van der Waals surface area contributed by atoms with Crippen molar-refractivity contribution in [3.8, 4) is 0 Å². The summed E-state index contributed by atoms with van der Waals surface area (Å²) in [4.78, 5) is 15.9. The van der Waals surface area contributed by atoms with Gasteiger partial charge in [0, 0.05) is 25.2 Å². The first-order valence-electron chi connectivity index (χ1n) is 6.21. The molecule has 0 saturated carbocycles. The molecule has 18 heavy (non-hydrogen) atoms. The molecule has 2 heteroatoms. The fourth-order valence-corrected chi connectivity index (χ4v) is 1.94. The Balaban J connectivity index is 1.88. The van der Waals surface area contributed by atoms with E-state index in [0.717, 1.165) is 12.0 Å². The van der Waals surface area contributed by atoms with Gasteiger partial charge in [0.05, 0.1) is 0 Å². The van der Waals surface area contributed by atoms with Crippen LogP contribution < -0.4 is 0 Å². The molecule has 0 saturated heterocycles. The van der Waals surface area contributed by atoms with Crippen molar-refractivity contribution >= 4 is 5.78 Å². The summed E-state index contributed by atoms with van der Waals surface area (Å²) in [7, 11) is 0. The second kappa shape index (κ2) is 6.10. The first-order valence-corrected chi connectivity index (χ1v) is 6.21. The minimum absolute atomic E-state index is 0.293. The second-order valence-electron chi connectivity index (χ2n) is 4.50. The van der Waals surface area contributed by atoms with E-state index < -0.39 is 0 Å². The van der Waals surface area contributed by atoms with E-state index >= 15 is 0 Å². The lowest BCUT2D eigenvalue weighted by Gasteiger charge is -2.05. The molecule has 1 aromatic carbocycles. The lowest BCUT2D eigenvalue weighted by molar-refractivity contribution is -0.118. The van der Waals surface area contributed by atoms with Gasteiger partial charge < -0.3 is 0 Å². The maximum absolute atomic E-state index is 11.9. The first kappa shape index (κ1) is 12.5. The summed E-state index contributed by atoms with van der Waals surface area (Å²) < 4.78 is 0. The van der Waals surface area contributed by atoms with Crippen molar-refractivity contribution < 1.29 is 4.79 Å². The lowest BCUT2D eigenvalue weighted by atomic mass is 10.00. The summed E-state index contributed by atoms with van der Waals surface area (Å²) in [5.74, 6) is 0.293.